The molecule has 0 bridgehead atoms. The number of H-pyrrole nitrogens is 1. The third-order valence-corrected chi connectivity index (χ3v) is 4.06. The van der Waals surface area contributed by atoms with Gasteiger partial charge in [0, 0.05) is 0 Å². The quantitative estimate of drug-likeness (QED) is 0.855. The van der Waals surface area contributed by atoms with E-state index in [1.165, 1.54) is 6.07 Å². The van der Waals surface area contributed by atoms with Gasteiger partial charge in [-0.15, -0.1) is 5.10 Å². The number of benzene rings is 1. The first-order valence-corrected chi connectivity index (χ1v) is 7.53. The maximum Gasteiger partial charge on any atom is 0.337 e. The highest BCUT2D eigenvalue weighted by atomic mass is 32.2. The summed E-state index contributed by atoms with van der Waals surface area (Å²) >= 11 is 0. The number of anilines is 1. The molecule has 0 saturated heterocycles. The van der Waals surface area contributed by atoms with Crippen LogP contribution in [0.15, 0.2) is 23.1 Å². The first-order chi connectivity index (χ1) is 9.96. The zero-order valence-corrected chi connectivity index (χ0v) is 12.2. The molecule has 2 rings (SSSR count). The van der Waals surface area contributed by atoms with Crippen LogP contribution in [0.1, 0.15) is 18.1 Å². The third-order valence-electron chi connectivity index (χ3n) is 2.58. The smallest absolute Gasteiger partial charge is 0.337 e. The predicted octanol–water partition coefficient (Wildman–Crippen LogP) is 1.18. The molecule has 1 aromatic heterocycles. The van der Waals surface area contributed by atoms with Gasteiger partial charge in [-0.1, -0.05) is 6.07 Å². The first-order valence-electron chi connectivity index (χ1n) is 6.05. The highest BCUT2D eigenvalue weighted by Gasteiger charge is 2.19. The maximum absolute atomic E-state index is 12.3. The summed E-state index contributed by atoms with van der Waals surface area (Å²) in [6, 6.07) is 6.38. The molecule has 0 unspecified atom stereocenters. The van der Waals surface area contributed by atoms with Gasteiger partial charge >= 0.3 is 6.01 Å². The molecule has 8 nitrogen and oxygen atoms in total. The van der Waals surface area contributed by atoms with Crippen molar-refractivity contribution < 1.29 is 13.2 Å². The summed E-state index contributed by atoms with van der Waals surface area (Å²) in [6.45, 7) is 3.77. The summed E-state index contributed by atoms with van der Waals surface area (Å²) in [6.07, 6.45) is 0. The van der Waals surface area contributed by atoms with E-state index >= 15 is 0 Å². The molecule has 1 aromatic carbocycles. The highest BCUT2D eigenvalue weighted by Crippen LogP contribution is 2.19. The zero-order valence-electron chi connectivity index (χ0n) is 11.4. The minimum absolute atomic E-state index is 0.0101. The van der Waals surface area contributed by atoms with Crippen molar-refractivity contribution >= 4 is 16.0 Å². The molecule has 0 aliphatic carbocycles. The second-order valence-electron chi connectivity index (χ2n) is 4.10. The normalized spacial score (nSPS) is 10.9. The molecule has 2 N–H and O–H groups in total. The highest BCUT2D eigenvalue weighted by molar-refractivity contribution is 7.92. The number of nitrogens with zero attached hydrogens (tertiary/aromatic N) is 3. The largest absolute Gasteiger partial charge is 0.463 e. The Morgan fingerprint density at radius 1 is 1.48 bits per heavy atom. The molecule has 2 aromatic rings. The number of sulfonamides is 1. The molecule has 0 aliphatic heterocycles. The number of hydrogen-bond donors (Lipinski definition) is 2. The molecular weight excluding hydrogens is 294 g/mol. The average molecular weight is 307 g/mol. The molecular formula is C12H13N5O3S. The zero-order chi connectivity index (χ0) is 15.5. The Kier molecular flexibility index (Phi) is 4.09. The molecule has 0 saturated carbocycles. The van der Waals surface area contributed by atoms with Crippen molar-refractivity contribution in [1.29, 1.82) is 5.26 Å². The number of nitrogens with one attached hydrogen (secondary N) is 2. The van der Waals surface area contributed by atoms with Crippen LogP contribution in [0, 0.1) is 18.3 Å². The number of aryl methyl sites for hydroxylation is 1. The SMILES string of the molecule is CCOc1n[nH]c(NS(=O)(=O)c2cc(C#N)ccc2C)n1. The van der Waals surface area contributed by atoms with Gasteiger partial charge in [-0.05, 0) is 31.5 Å². The summed E-state index contributed by atoms with van der Waals surface area (Å²) in [5.41, 5.74) is 0.777. The average Bonchev–Trinajstić information content (AvgIpc) is 2.86. The Morgan fingerprint density at radius 3 is 2.90 bits per heavy atom. The van der Waals surface area contributed by atoms with E-state index in [2.05, 4.69) is 19.9 Å². The van der Waals surface area contributed by atoms with Crippen LogP contribution in [0.5, 0.6) is 6.01 Å². The Bertz CT molecular complexity index is 791. The molecule has 21 heavy (non-hydrogen) atoms. The Balaban J connectivity index is 2.31. The molecule has 110 valence electrons. The molecule has 0 radical (unpaired) electrons. The van der Waals surface area contributed by atoms with Crippen molar-refractivity contribution in [3.8, 4) is 12.1 Å². The Hall–Kier alpha value is -2.60. The lowest BCUT2D eigenvalue weighted by Crippen LogP contribution is -2.15. The van der Waals surface area contributed by atoms with Crippen molar-refractivity contribution in [3.05, 3.63) is 29.3 Å². The van der Waals surface area contributed by atoms with Crippen LogP contribution >= 0.6 is 0 Å². The second kappa shape index (κ2) is 5.80. The van der Waals surface area contributed by atoms with Crippen LogP contribution in [0.25, 0.3) is 0 Å². The van der Waals surface area contributed by atoms with Gasteiger partial charge in [0.1, 0.15) is 0 Å². The molecule has 0 spiro atoms. The Morgan fingerprint density at radius 2 is 2.24 bits per heavy atom. The van der Waals surface area contributed by atoms with Crippen molar-refractivity contribution in [3.63, 3.8) is 0 Å². The van der Waals surface area contributed by atoms with Gasteiger partial charge in [-0.25, -0.2) is 18.2 Å². The minimum Gasteiger partial charge on any atom is -0.463 e. The number of nitriles is 1. The molecule has 0 aliphatic rings. The Labute approximate surface area is 121 Å². The van der Waals surface area contributed by atoms with E-state index in [9.17, 15) is 8.42 Å². The van der Waals surface area contributed by atoms with Gasteiger partial charge in [0.15, 0.2) is 0 Å². The van der Waals surface area contributed by atoms with Gasteiger partial charge in [0.2, 0.25) is 5.95 Å². The van der Waals surface area contributed by atoms with E-state index in [1.54, 1.807) is 26.0 Å². The van der Waals surface area contributed by atoms with Crippen molar-refractivity contribution in [2.75, 3.05) is 11.3 Å². The second-order valence-corrected chi connectivity index (χ2v) is 5.75. The predicted molar refractivity (Wildman–Crippen MR) is 74.3 cm³/mol. The standard InChI is InChI=1S/C12H13N5O3S/c1-3-20-12-14-11(15-16-12)17-21(18,19)10-6-9(7-13)5-4-8(10)2/h4-6H,3H2,1-2H3,(H2,14,15,16,17). The summed E-state index contributed by atoms with van der Waals surface area (Å²) in [5.74, 6) is -0.0554. The molecule has 0 fully saturated rings. The minimum atomic E-state index is -3.87. The van der Waals surface area contributed by atoms with Crippen LogP contribution in [-0.2, 0) is 10.0 Å². The molecule has 0 amide bonds. The monoisotopic (exact) mass is 307 g/mol. The van der Waals surface area contributed by atoms with E-state index in [1.807, 2.05) is 6.07 Å². The first kappa shape index (κ1) is 14.8. The van der Waals surface area contributed by atoms with Gasteiger partial charge in [-0.2, -0.15) is 10.2 Å². The van der Waals surface area contributed by atoms with Crippen molar-refractivity contribution in [2.45, 2.75) is 18.7 Å². The number of aromatic amines is 1. The topological polar surface area (TPSA) is 121 Å². The van der Waals surface area contributed by atoms with E-state index in [0.717, 1.165) is 0 Å². The van der Waals surface area contributed by atoms with E-state index in [-0.39, 0.29) is 22.4 Å². The molecule has 9 heteroatoms. The molecule has 1 heterocycles. The van der Waals surface area contributed by atoms with Crippen LogP contribution in [-0.4, -0.2) is 30.2 Å². The lowest BCUT2D eigenvalue weighted by molar-refractivity contribution is 0.314. The maximum atomic E-state index is 12.3. The van der Waals surface area contributed by atoms with Crippen LogP contribution in [0.3, 0.4) is 0 Å². The van der Waals surface area contributed by atoms with Gasteiger partial charge in [-0.3, -0.25) is 0 Å². The number of hydrogen-bond acceptors (Lipinski definition) is 6. The van der Waals surface area contributed by atoms with E-state index < -0.39 is 10.0 Å². The number of ether oxygens (including phenoxy) is 1. The summed E-state index contributed by atoms with van der Waals surface area (Å²) in [7, 11) is -3.87. The summed E-state index contributed by atoms with van der Waals surface area (Å²) in [5, 5.41) is 15.0. The van der Waals surface area contributed by atoms with Gasteiger partial charge in [0.05, 0.1) is 23.1 Å². The fourth-order valence-electron chi connectivity index (χ4n) is 1.63. The summed E-state index contributed by atoms with van der Waals surface area (Å²) in [4.78, 5) is 3.85. The summed E-state index contributed by atoms with van der Waals surface area (Å²) < 4.78 is 31.9. The number of aromatic nitrogens is 3. The fraction of sp³-hybridized carbons (Fsp3) is 0.250. The number of rotatable bonds is 5. The van der Waals surface area contributed by atoms with Crippen LogP contribution in [0.4, 0.5) is 5.95 Å². The lowest BCUT2D eigenvalue weighted by Gasteiger charge is -2.08. The van der Waals surface area contributed by atoms with Crippen molar-refractivity contribution in [2.24, 2.45) is 0 Å². The van der Waals surface area contributed by atoms with Gasteiger partial charge in [0.25, 0.3) is 10.0 Å². The van der Waals surface area contributed by atoms with E-state index in [0.29, 0.717) is 12.2 Å². The van der Waals surface area contributed by atoms with E-state index in [4.69, 9.17) is 10.00 Å². The third kappa shape index (κ3) is 3.29. The fourth-order valence-corrected chi connectivity index (χ4v) is 2.86. The van der Waals surface area contributed by atoms with Crippen LogP contribution in [0.2, 0.25) is 0 Å². The van der Waals surface area contributed by atoms with Crippen molar-refractivity contribution in [1.82, 2.24) is 15.2 Å². The lowest BCUT2D eigenvalue weighted by atomic mass is 10.2. The van der Waals surface area contributed by atoms with Crippen LogP contribution < -0.4 is 9.46 Å². The molecule has 0 atom stereocenters. The van der Waals surface area contributed by atoms with Gasteiger partial charge < -0.3 is 4.74 Å².